The molecule has 3 aromatic rings. The molecule has 8 heteroatoms. The Morgan fingerprint density at radius 3 is 2.24 bits per heavy atom. The zero-order valence-corrected chi connectivity index (χ0v) is 22.2. The molecule has 0 spiro atoms. The van der Waals surface area contributed by atoms with Gasteiger partial charge in [0.2, 0.25) is 5.91 Å². The average Bonchev–Trinajstić information content (AvgIpc) is 3.60. The molecule has 3 amide bonds. The molecule has 0 aromatic heterocycles. The molecule has 4 unspecified atom stereocenters. The van der Waals surface area contributed by atoms with Crippen molar-refractivity contribution in [2.45, 2.75) is 57.8 Å². The Hall–Kier alpha value is -3.91. The Labute approximate surface area is 223 Å². The number of aliphatic hydroxyl groups excluding tert-OH is 1. The van der Waals surface area contributed by atoms with Gasteiger partial charge < -0.3 is 25.4 Å². The Balaban J connectivity index is 1.66. The molecular formula is C30H35N3O5. The van der Waals surface area contributed by atoms with Gasteiger partial charge in [0, 0.05) is 11.7 Å². The van der Waals surface area contributed by atoms with E-state index in [9.17, 15) is 19.5 Å². The maximum atomic E-state index is 13.9. The van der Waals surface area contributed by atoms with Crippen LogP contribution in [-0.4, -0.2) is 52.2 Å². The molecule has 0 saturated heterocycles. The average molecular weight is 518 g/mol. The monoisotopic (exact) mass is 517 g/mol. The number of alkyl carbamates (subject to hydrolysis) is 1. The second kappa shape index (κ2) is 11.2. The van der Waals surface area contributed by atoms with E-state index in [1.165, 1.54) is 4.90 Å². The minimum Gasteiger partial charge on any atom is -0.444 e. The van der Waals surface area contributed by atoms with Gasteiger partial charge in [-0.2, -0.15) is 0 Å². The molecule has 8 nitrogen and oxygen atoms in total. The zero-order valence-electron chi connectivity index (χ0n) is 22.2. The Bertz CT molecular complexity index is 1300. The van der Waals surface area contributed by atoms with Crippen molar-refractivity contribution < 1.29 is 24.2 Å². The van der Waals surface area contributed by atoms with Gasteiger partial charge in [0.15, 0.2) is 0 Å². The normalized spacial score (nSPS) is 18.2. The molecule has 1 aliphatic rings. The van der Waals surface area contributed by atoms with Crippen molar-refractivity contribution in [2.75, 3.05) is 11.9 Å². The van der Waals surface area contributed by atoms with E-state index in [-0.39, 0.29) is 17.9 Å². The third kappa shape index (κ3) is 6.50. The van der Waals surface area contributed by atoms with E-state index in [0.29, 0.717) is 17.7 Å². The molecule has 3 aromatic carbocycles. The van der Waals surface area contributed by atoms with E-state index in [2.05, 4.69) is 10.6 Å². The lowest BCUT2D eigenvalue weighted by Crippen LogP contribution is -2.54. The summed E-state index contributed by atoms with van der Waals surface area (Å²) in [7, 11) is 0. The van der Waals surface area contributed by atoms with Gasteiger partial charge >= 0.3 is 6.09 Å². The maximum Gasteiger partial charge on any atom is 0.408 e. The first-order chi connectivity index (χ1) is 18.1. The fourth-order valence-electron chi connectivity index (χ4n) is 4.54. The van der Waals surface area contributed by atoms with Crippen molar-refractivity contribution in [2.24, 2.45) is 5.92 Å². The van der Waals surface area contributed by atoms with Gasteiger partial charge in [-0.3, -0.25) is 9.59 Å². The molecular weight excluding hydrogens is 482 g/mol. The number of nitrogens with zero attached hydrogens (tertiary/aromatic N) is 1. The third-order valence-corrected chi connectivity index (χ3v) is 6.51. The molecule has 0 radical (unpaired) electrons. The number of carbonyl (C=O) groups is 3. The smallest absolute Gasteiger partial charge is 0.408 e. The summed E-state index contributed by atoms with van der Waals surface area (Å²) in [5, 5.41) is 17.6. The van der Waals surface area contributed by atoms with Gasteiger partial charge in [-0.1, -0.05) is 67.6 Å². The van der Waals surface area contributed by atoms with Gasteiger partial charge in [-0.05, 0) is 61.6 Å². The Kier molecular flexibility index (Phi) is 8.02. The number of aliphatic hydroxyl groups is 1. The van der Waals surface area contributed by atoms with E-state index < -0.39 is 36.3 Å². The Morgan fingerprint density at radius 1 is 1.00 bits per heavy atom. The highest BCUT2D eigenvalue weighted by Gasteiger charge is 2.48. The van der Waals surface area contributed by atoms with E-state index in [0.717, 1.165) is 10.8 Å². The van der Waals surface area contributed by atoms with Gasteiger partial charge in [0.05, 0.1) is 6.61 Å². The van der Waals surface area contributed by atoms with E-state index in [1.54, 1.807) is 32.9 Å². The summed E-state index contributed by atoms with van der Waals surface area (Å²) in [6.45, 7) is 6.50. The second-order valence-corrected chi connectivity index (χ2v) is 10.8. The first-order valence-electron chi connectivity index (χ1n) is 12.8. The predicted molar refractivity (Wildman–Crippen MR) is 146 cm³/mol. The van der Waals surface area contributed by atoms with E-state index >= 15 is 0 Å². The molecule has 0 heterocycles. The molecule has 1 aliphatic carbocycles. The number of ether oxygens (including phenoxy) is 1. The summed E-state index contributed by atoms with van der Waals surface area (Å²) in [5.74, 6) is -0.761. The molecule has 4 atom stereocenters. The molecule has 200 valence electrons. The summed E-state index contributed by atoms with van der Waals surface area (Å²) >= 11 is 0. The van der Waals surface area contributed by atoms with Crippen molar-refractivity contribution in [3.05, 3.63) is 78.4 Å². The molecule has 0 aliphatic heterocycles. The van der Waals surface area contributed by atoms with E-state index in [1.807, 2.05) is 67.6 Å². The van der Waals surface area contributed by atoms with Crippen LogP contribution in [0.2, 0.25) is 0 Å². The molecule has 4 rings (SSSR count). The Morgan fingerprint density at radius 2 is 1.63 bits per heavy atom. The lowest BCUT2D eigenvalue weighted by Gasteiger charge is -2.34. The van der Waals surface area contributed by atoms with Crippen LogP contribution in [-0.2, 0) is 14.3 Å². The predicted octanol–water partition coefficient (Wildman–Crippen LogP) is 4.64. The van der Waals surface area contributed by atoms with E-state index in [4.69, 9.17) is 4.74 Å². The lowest BCUT2D eigenvalue weighted by molar-refractivity contribution is -0.142. The number of hydrogen-bond donors (Lipinski definition) is 3. The van der Waals surface area contributed by atoms with Crippen LogP contribution < -0.4 is 10.6 Å². The molecule has 1 fully saturated rings. The maximum absolute atomic E-state index is 13.9. The van der Waals surface area contributed by atoms with Crippen LogP contribution in [0.15, 0.2) is 72.8 Å². The fourth-order valence-corrected chi connectivity index (χ4v) is 4.54. The quantitative estimate of drug-likeness (QED) is 0.403. The highest BCUT2D eigenvalue weighted by molar-refractivity contribution is 6.00. The number of nitrogens with one attached hydrogen (secondary N) is 2. The summed E-state index contributed by atoms with van der Waals surface area (Å²) in [5.41, 5.74) is 0.466. The second-order valence-electron chi connectivity index (χ2n) is 10.8. The van der Waals surface area contributed by atoms with Crippen LogP contribution in [0.5, 0.6) is 0 Å². The van der Waals surface area contributed by atoms with Gasteiger partial charge in [-0.25, -0.2) is 4.79 Å². The summed E-state index contributed by atoms with van der Waals surface area (Å²) < 4.78 is 5.29. The SMILES string of the molecule is CC1CC1N(C(=O)C(CO)NC(=O)OC(C)(C)C)C(C(=O)Nc1ccc2ccccc2c1)c1ccccc1. The van der Waals surface area contributed by atoms with Crippen molar-refractivity contribution in [1.29, 1.82) is 0 Å². The summed E-state index contributed by atoms with van der Waals surface area (Å²) in [6.07, 6.45) is -0.103. The van der Waals surface area contributed by atoms with Gasteiger partial charge in [0.25, 0.3) is 5.91 Å². The summed E-state index contributed by atoms with van der Waals surface area (Å²) in [6, 6.07) is 20.1. The topological polar surface area (TPSA) is 108 Å². The lowest BCUT2D eigenvalue weighted by atomic mass is 10.0. The van der Waals surface area contributed by atoms with Crippen molar-refractivity contribution in [1.82, 2.24) is 10.2 Å². The number of rotatable bonds is 8. The van der Waals surface area contributed by atoms with Crippen molar-refractivity contribution in [3.63, 3.8) is 0 Å². The van der Waals surface area contributed by atoms with Crippen LogP contribution in [0.25, 0.3) is 10.8 Å². The fraction of sp³-hybridized carbons (Fsp3) is 0.367. The first-order valence-corrected chi connectivity index (χ1v) is 12.8. The van der Waals surface area contributed by atoms with Crippen LogP contribution in [0.1, 0.15) is 45.7 Å². The number of hydrogen-bond acceptors (Lipinski definition) is 5. The molecule has 1 saturated carbocycles. The third-order valence-electron chi connectivity index (χ3n) is 6.51. The minimum absolute atomic E-state index is 0.166. The van der Waals surface area contributed by atoms with Gasteiger partial charge in [-0.15, -0.1) is 0 Å². The highest BCUT2D eigenvalue weighted by atomic mass is 16.6. The van der Waals surface area contributed by atoms with Gasteiger partial charge in [0.1, 0.15) is 17.7 Å². The zero-order chi connectivity index (χ0) is 27.4. The highest BCUT2D eigenvalue weighted by Crippen LogP contribution is 2.41. The first kappa shape index (κ1) is 27.1. The van der Waals surface area contributed by atoms with Crippen molar-refractivity contribution >= 4 is 34.4 Å². The summed E-state index contributed by atoms with van der Waals surface area (Å²) in [4.78, 5) is 41.7. The molecule has 38 heavy (non-hydrogen) atoms. The van der Waals surface area contributed by atoms with Crippen molar-refractivity contribution in [3.8, 4) is 0 Å². The van der Waals surface area contributed by atoms with Crippen LogP contribution in [0.4, 0.5) is 10.5 Å². The minimum atomic E-state index is -1.27. The number of benzene rings is 3. The number of anilines is 1. The molecule has 3 N–H and O–H groups in total. The number of amides is 3. The van der Waals surface area contributed by atoms with Crippen LogP contribution in [0, 0.1) is 5.92 Å². The number of fused-ring (bicyclic) bond motifs is 1. The largest absolute Gasteiger partial charge is 0.444 e. The standard InChI is InChI=1S/C30H35N3O5/c1-19-16-25(19)33(28(36)24(18-34)32-29(37)38-30(2,3)4)26(21-11-6-5-7-12-21)27(35)31-23-15-14-20-10-8-9-13-22(20)17-23/h5-15,17,19,24-26,34H,16,18H2,1-4H3,(H,31,35)(H,32,37). The van der Waals surface area contributed by atoms with Crippen LogP contribution >= 0.6 is 0 Å². The number of carbonyl (C=O) groups excluding carboxylic acids is 3. The van der Waals surface area contributed by atoms with Crippen LogP contribution in [0.3, 0.4) is 0 Å². The molecule has 0 bridgehead atoms.